The normalized spacial score (nSPS) is 9.89. The van der Waals surface area contributed by atoms with Gasteiger partial charge in [-0.15, -0.1) is 0 Å². The number of nitrogens with one attached hydrogen (secondary N) is 3. The molecule has 146 valence electrons. The van der Waals surface area contributed by atoms with Gasteiger partial charge in [-0.25, -0.2) is 4.79 Å². The minimum Gasteiger partial charge on any atom is -0.454 e. The van der Waals surface area contributed by atoms with E-state index in [-0.39, 0.29) is 0 Å². The highest BCUT2D eigenvalue weighted by Gasteiger charge is 2.12. The van der Waals surface area contributed by atoms with Gasteiger partial charge in [0.25, 0.3) is 11.8 Å². The fourth-order valence-electron chi connectivity index (χ4n) is 2.26. The van der Waals surface area contributed by atoms with Crippen molar-refractivity contribution in [1.82, 2.24) is 16.0 Å². The third-order valence-corrected chi connectivity index (χ3v) is 3.60. The van der Waals surface area contributed by atoms with E-state index in [0.29, 0.717) is 12.1 Å². The number of ether oxygens (including phenoxy) is 1. The number of imide groups is 1. The fraction of sp³-hybridized carbons (Fsp3) is 0.200. The molecule has 0 unspecified atom stereocenters. The topological polar surface area (TPSA) is 114 Å². The van der Waals surface area contributed by atoms with E-state index in [0.717, 1.165) is 11.1 Å². The summed E-state index contributed by atoms with van der Waals surface area (Å²) in [7, 11) is 0. The van der Waals surface area contributed by atoms with Gasteiger partial charge in [0.1, 0.15) is 6.54 Å². The van der Waals surface area contributed by atoms with Gasteiger partial charge in [0.15, 0.2) is 6.61 Å². The molecule has 28 heavy (non-hydrogen) atoms. The number of rotatable bonds is 7. The predicted octanol–water partition coefficient (Wildman–Crippen LogP) is 1.47. The van der Waals surface area contributed by atoms with Crippen molar-refractivity contribution in [3.63, 3.8) is 0 Å². The third kappa shape index (κ3) is 6.56. The maximum Gasteiger partial charge on any atom is 0.325 e. The summed E-state index contributed by atoms with van der Waals surface area (Å²) in [6.45, 7) is 1.05. The summed E-state index contributed by atoms with van der Waals surface area (Å²) >= 11 is 0. The summed E-state index contributed by atoms with van der Waals surface area (Å²) in [5, 5.41) is 6.78. The lowest BCUT2D eigenvalue weighted by Crippen LogP contribution is -2.41. The Labute approximate surface area is 162 Å². The lowest BCUT2D eigenvalue weighted by molar-refractivity contribution is -0.147. The van der Waals surface area contributed by atoms with Gasteiger partial charge < -0.3 is 15.4 Å². The number of amides is 4. The monoisotopic (exact) mass is 383 g/mol. The SMILES string of the molecule is CCNC(=O)NC(=O)COC(=O)CNC(=O)c1ccc(-c2ccccc2)cc1. The Morgan fingerprint density at radius 2 is 1.50 bits per heavy atom. The highest BCUT2D eigenvalue weighted by molar-refractivity contribution is 5.97. The average Bonchev–Trinajstić information content (AvgIpc) is 2.71. The number of urea groups is 1. The van der Waals surface area contributed by atoms with Crippen LogP contribution in [0.15, 0.2) is 54.6 Å². The average molecular weight is 383 g/mol. The van der Waals surface area contributed by atoms with E-state index in [9.17, 15) is 19.2 Å². The van der Waals surface area contributed by atoms with Crippen LogP contribution < -0.4 is 16.0 Å². The third-order valence-electron chi connectivity index (χ3n) is 3.60. The molecule has 0 aliphatic carbocycles. The van der Waals surface area contributed by atoms with E-state index >= 15 is 0 Å². The summed E-state index contributed by atoms with van der Waals surface area (Å²) < 4.78 is 4.70. The molecule has 0 saturated carbocycles. The van der Waals surface area contributed by atoms with E-state index in [1.54, 1.807) is 19.1 Å². The van der Waals surface area contributed by atoms with E-state index < -0.39 is 37.0 Å². The van der Waals surface area contributed by atoms with E-state index in [2.05, 4.69) is 10.6 Å². The van der Waals surface area contributed by atoms with Crippen LogP contribution in [0.3, 0.4) is 0 Å². The Balaban J connectivity index is 1.76. The lowest BCUT2D eigenvalue weighted by Gasteiger charge is -2.08. The summed E-state index contributed by atoms with van der Waals surface area (Å²) in [5.41, 5.74) is 2.39. The summed E-state index contributed by atoms with van der Waals surface area (Å²) in [4.78, 5) is 46.3. The minimum atomic E-state index is -0.791. The minimum absolute atomic E-state index is 0.358. The number of carbonyl (C=O) groups is 4. The van der Waals surface area contributed by atoms with Crippen molar-refractivity contribution in [3.05, 3.63) is 60.2 Å². The van der Waals surface area contributed by atoms with E-state index in [4.69, 9.17) is 4.74 Å². The summed E-state index contributed by atoms with van der Waals surface area (Å²) in [5.74, 6) is -1.99. The Morgan fingerprint density at radius 3 is 2.14 bits per heavy atom. The number of hydrogen-bond donors (Lipinski definition) is 3. The highest BCUT2D eigenvalue weighted by atomic mass is 16.5. The van der Waals surface area contributed by atoms with Gasteiger partial charge in [-0.1, -0.05) is 42.5 Å². The first kappa shape index (κ1) is 20.6. The van der Waals surface area contributed by atoms with Gasteiger partial charge >= 0.3 is 12.0 Å². The van der Waals surface area contributed by atoms with Crippen LogP contribution in [0.4, 0.5) is 4.79 Å². The number of esters is 1. The van der Waals surface area contributed by atoms with Crippen molar-refractivity contribution in [3.8, 4) is 11.1 Å². The molecule has 0 bridgehead atoms. The van der Waals surface area contributed by atoms with Crippen molar-refractivity contribution >= 4 is 23.8 Å². The number of benzene rings is 2. The van der Waals surface area contributed by atoms with Crippen LogP contribution in [0.2, 0.25) is 0 Å². The molecule has 0 fully saturated rings. The molecule has 0 atom stereocenters. The van der Waals surface area contributed by atoms with Crippen molar-refractivity contribution in [2.75, 3.05) is 19.7 Å². The zero-order chi connectivity index (χ0) is 20.4. The van der Waals surface area contributed by atoms with Gasteiger partial charge in [-0.3, -0.25) is 19.7 Å². The quantitative estimate of drug-likeness (QED) is 0.627. The van der Waals surface area contributed by atoms with Crippen molar-refractivity contribution in [1.29, 1.82) is 0 Å². The molecule has 3 N–H and O–H groups in total. The van der Waals surface area contributed by atoms with Gasteiger partial charge in [-0.2, -0.15) is 0 Å². The van der Waals surface area contributed by atoms with Gasteiger partial charge in [0.2, 0.25) is 0 Å². The van der Waals surface area contributed by atoms with Crippen LogP contribution in [0.1, 0.15) is 17.3 Å². The van der Waals surface area contributed by atoms with Crippen LogP contribution in [0.5, 0.6) is 0 Å². The van der Waals surface area contributed by atoms with Gasteiger partial charge in [0, 0.05) is 12.1 Å². The first-order valence-electron chi connectivity index (χ1n) is 8.66. The van der Waals surface area contributed by atoms with Crippen LogP contribution >= 0.6 is 0 Å². The molecule has 2 aromatic carbocycles. The van der Waals surface area contributed by atoms with Crippen LogP contribution in [-0.4, -0.2) is 43.5 Å². The molecule has 4 amide bonds. The maximum atomic E-state index is 12.1. The van der Waals surface area contributed by atoms with Gasteiger partial charge in [0.05, 0.1) is 0 Å². The Kier molecular flexibility index (Phi) is 7.71. The molecule has 0 spiro atoms. The lowest BCUT2D eigenvalue weighted by atomic mass is 10.0. The molecule has 0 saturated heterocycles. The first-order chi connectivity index (χ1) is 13.5. The molecule has 0 radical (unpaired) electrons. The molecular formula is C20H21N3O5. The predicted molar refractivity (Wildman–Crippen MR) is 102 cm³/mol. The standard InChI is InChI=1S/C20H21N3O5/c1-2-21-20(27)23-17(24)13-28-18(25)12-22-19(26)16-10-8-15(9-11-16)14-6-4-3-5-7-14/h3-11H,2,12-13H2,1H3,(H,22,26)(H2,21,23,24,27). The largest absolute Gasteiger partial charge is 0.454 e. The molecule has 2 aromatic rings. The zero-order valence-corrected chi connectivity index (χ0v) is 15.4. The fourth-order valence-corrected chi connectivity index (χ4v) is 2.26. The van der Waals surface area contributed by atoms with Gasteiger partial charge in [-0.05, 0) is 30.2 Å². The Hall–Kier alpha value is -3.68. The summed E-state index contributed by atoms with van der Waals surface area (Å²) in [6, 6.07) is 16.0. The molecule has 8 heteroatoms. The van der Waals surface area contributed by atoms with Crippen molar-refractivity contribution in [2.45, 2.75) is 6.92 Å². The Morgan fingerprint density at radius 1 is 0.857 bits per heavy atom. The molecule has 0 aliphatic rings. The zero-order valence-electron chi connectivity index (χ0n) is 15.4. The van der Waals surface area contributed by atoms with Crippen molar-refractivity contribution in [2.24, 2.45) is 0 Å². The highest BCUT2D eigenvalue weighted by Crippen LogP contribution is 2.19. The van der Waals surface area contributed by atoms with E-state index in [1.807, 2.05) is 47.8 Å². The molecule has 2 rings (SSSR count). The van der Waals surface area contributed by atoms with Crippen LogP contribution in [0.25, 0.3) is 11.1 Å². The molecule has 0 heterocycles. The molecule has 0 aliphatic heterocycles. The van der Waals surface area contributed by atoms with Crippen LogP contribution in [-0.2, 0) is 14.3 Å². The molecule has 0 aromatic heterocycles. The number of carbonyl (C=O) groups excluding carboxylic acids is 4. The smallest absolute Gasteiger partial charge is 0.325 e. The van der Waals surface area contributed by atoms with Crippen molar-refractivity contribution < 1.29 is 23.9 Å². The maximum absolute atomic E-state index is 12.1. The second-order valence-electron chi connectivity index (χ2n) is 5.69. The first-order valence-corrected chi connectivity index (χ1v) is 8.66. The van der Waals surface area contributed by atoms with E-state index in [1.165, 1.54) is 0 Å². The second kappa shape index (κ2) is 10.5. The second-order valence-corrected chi connectivity index (χ2v) is 5.69. The van der Waals surface area contributed by atoms with Crippen LogP contribution in [0, 0.1) is 0 Å². The Bertz CT molecular complexity index is 835. The number of hydrogen-bond acceptors (Lipinski definition) is 5. The molecular weight excluding hydrogens is 362 g/mol. The summed E-state index contributed by atoms with van der Waals surface area (Å²) in [6.07, 6.45) is 0. The molecule has 8 nitrogen and oxygen atoms in total.